The molecule has 1 fully saturated rings. The van der Waals surface area contributed by atoms with Crippen molar-refractivity contribution in [1.29, 1.82) is 0 Å². The maximum Gasteiger partial charge on any atom is 0.246 e. The van der Waals surface area contributed by atoms with E-state index in [1.807, 2.05) is 18.7 Å². The zero-order valence-corrected chi connectivity index (χ0v) is 9.55. The summed E-state index contributed by atoms with van der Waals surface area (Å²) in [5.41, 5.74) is 1.09. The van der Waals surface area contributed by atoms with Crippen molar-refractivity contribution in [1.82, 2.24) is 4.90 Å². The summed E-state index contributed by atoms with van der Waals surface area (Å²) in [5.74, 6) is 0.194. The Labute approximate surface area is 87.0 Å². The third-order valence-corrected chi connectivity index (χ3v) is 2.75. The Morgan fingerprint density at radius 1 is 1.29 bits per heavy atom. The van der Waals surface area contributed by atoms with Crippen molar-refractivity contribution in [2.75, 3.05) is 6.54 Å². The van der Waals surface area contributed by atoms with E-state index in [4.69, 9.17) is 0 Å². The molecule has 0 aliphatic carbocycles. The van der Waals surface area contributed by atoms with Crippen LogP contribution < -0.4 is 0 Å². The third-order valence-electron chi connectivity index (χ3n) is 2.75. The van der Waals surface area contributed by atoms with Gasteiger partial charge in [0.05, 0.1) is 0 Å². The van der Waals surface area contributed by atoms with Gasteiger partial charge in [0.25, 0.3) is 0 Å². The Morgan fingerprint density at radius 3 is 2.64 bits per heavy atom. The summed E-state index contributed by atoms with van der Waals surface area (Å²) in [4.78, 5) is 13.8. The van der Waals surface area contributed by atoms with E-state index in [1.54, 1.807) is 6.08 Å². The Balaban J connectivity index is 2.63. The molecular weight excluding hydrogens is 174 g/mol. The molecule has 0 saturated carbocycles. The first-order valence-electron chi connectivity index (χ1n) is 5.57. The van der Waals surface area contributed by atoms with Gasteiger partial charge in [-0.15, -0.1) is 0 Å². The third kappa shape index (κ3) is 3.17. The van der Waals surface area contributed by atoms with Crippen LogP contribution >= 0.6 is 0 Å². The average Bonchev–Trinajstić information content (AvgIpc) is 2.28. The van der Waals surface area contributed by atoms with Gasteiger partial charge in [-0.3, -0.25) is 4.79 Å². The van der Waals surface area contributed by atoms with E-state index in [-0.39, 0.29) is 5.91 Å². The first-order valence-corrected chi connectivity index (χ1v) is 5.57. The highest BCUT2D eigenvalue weighted by atomic mass is 16.2. The summed E-state index contributed by atoms with van der Waals surface area (Å²) in [6.45, 7) is 7.03. The van der Waals surface area contributed by atoms with Crippen molar-refractivity contribution in [3.63, 3.8) is 0 Å². The topological polar surface area (TPSA) is 20.3 Å². The molecular formula is C12H21NO. The van der Waals surface area contributed by atoms with Crippen LogP contribution in [0.25, 0.3) is 0 Å². The van der Waals surface area contributed by atoms with Crippen LogP contribution in [-0.2, 0) is 4.79 Å². The fourth-order valence-electron chi connectivity index (χ4n) is 1.93. The van der Waals surface area contributed by atoms with Gasteiger partial charge in [-0.2, -0.15) is 0 Å². The number of allylic oxidation sites excluding steroid dienone is 1. The molecule has 0 bridgehead atoms. The second kappa shape index (κ2) is 5.18. The first-order chi connectivity index (χ1) is 6.61. The average molecular weight is 195 g/mol. The molecule has 1 amide bonds. The lowest BCUT2D eigenvalue weighted by Crippen LogP contribution is -2.37. The molecule has 1 heterocycles. The zero-order valence-electron chi connectivity index (χ0n) is 9.55. The van der Waals surface area contributed by atoms with E-state index in [9.17, 15) is 4.79 Å². The van der Waals surface area contributed by atoms with Crippen LogP contribution in [0, 0.1) is 0 Å². The number of hydrogen-bond donors (Lipinski definition) is 0. The fourth-order valence-corrected chi connectivity index (χ4v) is 1.93. The van der Waals surface area contributed by atoms with Crippen molar-refractivity contribution in [2.45, 2.75) is 52.5 Å². The molecule has 1 unspecified atom stereocenters. The maximum absolute atomic E-state index is 11.8. The van der Waals surface area contributed by atoms with Crippen LogP contribution in [0.3, 0.4) is 0 Å². The van der Waals surface area contributed by atoms with Crippen LogP contribution in [0.1, 0.15) is 46.5 Å². The minimum atomic E-state index is 0.194. The minimum Gasteiger partial charge on any atom is -0.336 e. The molecule has 0 N–H and O–H groups in total. The first kappa shape index (κ1) is 11.3. The molecule has 1 saturated heterocycles. The van der Waals surface area contributed by atoms with Gasteiger partial charge >= 0.3 is 0 Å². The Hall–Kier alpha value is -0.790. The van der Waals surface area contributed by atoms with Gasteiger partial charge in [0.1, 0.15) is 0 Å². The summed E-state index contributed by atoms with van der Waals surface area (Å²) < 4.78 is 0. The number of nitrogens with zero attached hydrogens (tertiary/aromatic N) is 1. The maximum atomic E-state index is 11.8. The molecule has 2 nitrogen and oxygen atoms in total. The number of likely N-dealkylation sites (tertiary alicyclic amines) is 1. The van der Waals surface area contributed by atoms with E-state index >= 15 is 0 Å². The molecule has 0 aromatic rings. The summed E-state index contributed by atoms with van der Waals surface area (Å²) in [6.07, 6.45) is 6.60. The van der Waals surface area contributed by atoms with Crippen molar-refractivity contribution < 1.29 is 4.79 Å². The quantitative estimate of drug-likeness (QED) is 0.589. The molecule has 1 rings (SSSR count). The van der Waals surface area contributed by atoms with Gasteiger partial charge in [0, 0.05) is 18.7 Å². The highest BCUT2D eigenvalue weighted by Crippen LogP contribution is 2.16. The second-order valence-corrected chi connectivity index (χ2v) is 4.45. The highest BCUT2D eigenvalue weighted by Gasteiger charge is 2.19. The predicted molar refractivity (Wildman–Crippen MR) is 59.1 cm³/mol. The van der Waals surface area contributed by atoms with Crippen molar-refractivity contribution in [2.24, 2.45) is 0 Å². The number of hydrogen-bond acceptors (Lipinski definition) is 1. The van der Waals surface area contributed by atoms with Gasteiger partial charge in [-0.25, -0.2) is 0 Å². The number of carbonyl (C=O) groups excluding carboxylic acids is 1. The lowest BCUT2D eigenvalue weighted by Gasteiger charge is -2.26. The lowest BCUT2D eigenvalue weighted by molar-refractivity contribution is -0.127. The van der Waals surface area contributed by atoms with E-state index in [1.165, 1.54) is 12.8 Å². The minimum absolute atomic E-state index is 0.194. The summed E-state index contributed by atoms with van der Waals surface area (Å²) in [5, 5.41) is 0. The normalized spacial score (nSPS) is 22.8. The van der Waals surface area contributed by atoms with Gasteiger partial charge in [-0.1, -0.05) is 18.4 Å². The predicted octanol–water partition coefficient (Wildman–Crippen LogP) is 2.74. The molecule has 14 heavy (non-hydrogen) atoms. The van der Waals surface area contributed by atoms with Gasteiger partial charge < -0.3 is 4.90 Å². The highest BCUT2D eigenvalue weighted by molar-refractivity contribution is 5.88. The summed E-state index contributed by atoms with van der Waals surface area (Å²) in [7, 11) is 0. The summed E-state index contributed by atoms with van der Waals surface area (Å²) in [6, 6.07) is 0.417. The lowest BCUT2D eigenvalue weighted by atomic mass is 10.1. The van der Waals surface area contributed by atoms with E-state index in [2.05, 4.69) is 6.92 Å². The molecule has 1 aliphatic heterocycles. The molecule has 0 aromatic carbocycles. The monoisotopic (exact) mass is 195 g/mol. The van der Waals surface area contributed by atoms with Crippen LogP contribution in [0.5, 0.6) is 0 Å². The molecule has 1 aliphatic rings. The molecule has 0 aromatic heterocycles. The Kier molecular flexibility index (Phi) is 4.18. The van der Waals surface area contributed by atoms with E-state index in [0.717, 1.165) is 25.0 Å². The van der Waals surface area contributed by atoms with Crippen molar-refractivity contribution in [3.8, 4) is 0 Å². The SMILES string of the molecule is CC(C)=CC(=O)N1CCCCCC1C. The molecule has 0 spiro atoms. The smallest absolute Gasteiger partial charge is 0.246 e. The largest absolute Gasteiger partial charge is 0.336 e. The van der Waals surface area contributed by atoms with Crippen molar-refractivity contribution in [3.05, 3.63) is 11.6 Å². The Morgan fingerprint density at radius 2 is 2.00 bits per heavy atom. The van der Waals surface area contributed by atoms with E-state index in [0.29, 0.717) is 6.04 Å². The van der Waals surface area contributed by atoms with Crippen LogP contribution in [0.2, 0.25) is 0 Å². The zero-order chi connectivity index (χ0) is 10.6. The van der Waals surface area contributed by atoms with Gasteiger partial charge in [-0.05, 0) is 33.6 Å². The molecule has 80 valence electrons. The Bertz CT molecular complexity index is 228. The number of rotatable bonds is 1. The number of carbonyl (C=O) groups is 1. The van der Waals surface area contributed by atoms with Gasteiger partial charge in [0.2, 0.25) is 5.91 Å². The van der Waals surface area contributed by atoms with Gasteiger partial charge in [0.15, 0.2) is 0 Å². The fraction of sp³-hybridized carbons (Fsp3) is 0.750. The van der Waals surface area contributed by atoms with Crippen LogP contribution in [-0.4, -0.2) is 23.4 Å². The second-order valence-electron chi connectivity index (χ2n) is 4.45. The van der Waals surface area contributed by atoms with Crippen molar-refractivity contribution >= 4 is 5.91 Å². The van der Waals surface area contributed by atoms with Crippen LogP contribution in [0.4, 0.5) is 0 Å². The van der Waals surface area contributed by atoms with Crippen LogP contribution in [0.15, 0.2) is 11.6 Å². The molecule has 1 atom stereocenters. The molecule has 2 heteroatoms. The number of amides is 1. The molecule has 0 radical (unpaired) electrons. The standard InChI is InChI=1S/C12H21NO/c1-10(2)9-12(14)13-8-6-4-5-7-11(13)3/h9,11H,4-8H2,1-3H3. The van der Waals surface area contributed by atoms with E-state index < -0.39 is 0 Å². The summed E-state index contributed by atoms with van der Waals surface area (Å²) >= 11 is 0.